The van der Waals surface area contributed by atoms with Crippen LogP contribution >= 0.6 is 11.6 Å². The molecule has 0 saturated carbocycles. The highest BCUT2D eigenvalue weighted by Crippen LogP contribution is 2.35. The van der Waals surface area contributed by atoms with Crippen LogP contribution in [0.4, 0.5) is 16.2 Å². The standard InChI is InChI=1S/C26H25ClN4O6S/c27-19-12-17(10-11-18(19)23-14-24(32)31-38(23,35)36)13-22(25(33)29-21-9-5-4-8-20(21)28)30-26(34)37-15-16-6-2-1-3-7-16/h1-12,22-23H,13-15,28H2,(H,29,33)(H,30,34)(H,31,32)/t22-,23?/m1/s1. The number of nitrogen functional groups attached to an aromatic ring is 1. The largest absolute Gasteiger partial charge is 0.445 e. The molecule has 3 aromatic rings. The Bertz CT molecular complexity index is 1470. The number of hydrogen-bond acceptors (Lipinski definition) is 7. The molecule has 1 fully saturated rings. The Morgan fingerprint density at radius 2 is 1.76 bits per heavy atom. The molecule has 12 heteroatoms. The number of amides is 3. The first-order valence-electron chi connectivity index (χ1n) is 11.6. The maximum atomic E-state index is 13.2. The Labute approximate surface area is 224 Å². The fourth-order valence-electron chi connectivity index (χ4n) is 3.97. The monoisotopic (exact) mass is 556 g/mol. The normalized spacial score (nSPS) is 16.8. The average molecular weight is 557 g/mol. The molecule has 2 atom stereocenters. The first-order valence-corrected chi connectivity index (χ1v) is 13.5. The van der Waals surface area contributed by atoms with E-state index in [1.807, 2.05) is 22.9 Å². The highest BCUT2D eigenvalue weighted by molar-refractivity contribution is 7.90. The van der Waals surface area contributed by atoms with Crippen LogP contribution in [0.3, 0.4) is 0 Å². The number of alkyl carbamates (subject to hydrolysis) is 1. The molecule has 4 rings (SSSR count). The Morgan fingerprint density at radius 1 is 1.05 bits per heavy atom. The Balaban J connectivity index is 1.52. The molecule has 0 radical (unpaired) electrons. The minimum atomic E-state index is -3.88. The van der Waals surface area contributed by atoms with Crippen LogP contribution in [0.1, 0.15) is 28.4 Å². The van der Waals surface area contributed by atoms with Gasteiger partial charge in [-0.1, -0.05) is 66.2 Å². The molecule has 0 bridgehead atoms. The van der Waals surface area contributed by atoms with E-state index in [0.29, 0.717) is 16.9 Å². The SMILES string of the molecule is Nc1ccccc1NC(=O)[C@@H](Cc1ccc(C2CC(=O)NS2(=O)=O)c(Cl)c1)NC(=O)OCc1ccccc1. The molecule has 5 N–H and O–H groups in total. The maximum absolute atomic E-state index is 13.2. The number of halogens is 1. The number of benzene rings is 3. The van der Waals surface area contributed by atoms with Crippen LogP contribution in [0.2, 0.25) is 5.02 Å². The summed E-state index contributed by atoms with van der Waals surface area (Å²) < 4.78 is 31.7. The Hall–Kier alpha value is -4.09. The van der Waals surface area contributed by atoms with Crippen molar-refractivity contribution in [2.75, 3.05) is 11.1 Å². The van der Waals surface area contributed by atoms with Gasteiger partial charge in [-0.2, -0.15) is 0 Å². The van der Waals surface area contributed by atoms with Gasteiger partial charge >= 0.3 is 6.09 Å². The third-order valence-electron chi connectivity index (χ3n) is 5.89. The van der Waals surface area contributed by atoms with Gasteiger partial charge in [0.25, 0.3) is 0 Å². The summed E-state index contributed by atoms with van der Waals surface area (Å²) in [6, 6.07) is 19.2. The van der Waals surface area contributed by atoms with Crippen molar-refractivity contribution in [3.63, 3.8) is 0 Å². The number of anilines is 2. The van der Waals surface area contributed by atoms with Crippen LogP contribution in [0.5, 0.6) is 0 Å². The number of para-hydroxylation sites is 2. The van der Waals surface area contributed by atoms with Crippen LogP contribution in [-0.4, -0.2) is 32.4 Å². The number of nitrogens with one attached hydrogen (secondary N) is 3. The molecular formula is C26H25ClN4O6S. The summed E-state index contributed by atoms with van der Waals surface area (Å²) in [5.41, 5.74) is 8.24. The lowest BCUT2D eigenvalue weighted by Crippen LogP contribution is -2.45. The number of hydrogen-bond donors (Lipinski definition) is 4. The summed E-state index contributed by atoms with van der Waals surface area (Å²) in [6.07, 6.45) is -1.03. The van der Waals surface area contributed by atoms with Crippen molar-refractivity contribution in [2.45, 2.75) is 30.7 Å². The van der Waals surface area contributed by atoms with Crippen molar-refractivity contribution in [3.05, 3.63) is 94.5 Å². The van der Waals surface area contributed by atoms with Crippen LogP contribution in [0, 0.1) is 0 Å². The second-order valence-electron chi connectivity index (χ2n) is 8.66. The Kier molecular flexibility index (Phi) is 8.18. The molecule has 1 aliphatic rings. The molecule has 1 heterocycles. The number of nitrogens with two attached hydrogens (primary N) is 1. The van der Waals surface area contributed by atoms with Gasteiger partial charge in [0.1, 0.15) is 17.9 Å². The van der Waals surface area contributed by atoms with E-state index in [9.17, 15) is 22.8 Å². The minimum absolute atomic E-state index is 0.00755. The number of sulfonamides is 1. The molecule has 10 nitrogen and oxygen atoms in total. The van der Waals surface area contributed by atoms with E-state index in [2.05, 4.69) is 10.6 Å². The van der Waals surface area contributed by atoms with Gasteiger partial charge in [-0.3, -0.25) is 14.3 Å². The number of carbonyl (C=O) groups excluding carboxylic acids is 3. The number of carbonyl (C=O) groups is 3. The van der Waals surface area contributed by atoms with E-state index in [1.165, 1.54) is 12.1 Å². The van der Waals surface area contributed by atoms with E-state index >= 15 is 0 Å². The number of ether oxygens (including phenoxy) is 1. The van der Waals surface area contributed by atoms with Crippen molar-refractivity contribution in [3.8, 4) is 0 Å². The first-order chi connectivity index (χ1) is 18.1. The van der Waals surface area contributed by atoms with Crippen molar-refractivity contribution in [1.29, 1.82) is 0 Å². The molecule has 0 aliphatic carbocycles. The van der Waals surface area contributed by atoms with E-state index in [1.54, 1.807) is 42.5 Å². The number of rotatable bonds is 8. The van der Waals surface area contributed by atoms with Gasteiger partial charge in [0.2, 0.25) is 21.8 Å². The van der Waals surface area contributed by atoms with Crippen molar-refractivity contribution < 1.29 is 27.5 Å². The zero-order chi connectivity index (χ0) is 27.3. The fourth-order valence-corrected chi connectivity index (χ4v) is 5.82. The van der Waals surface area contributed by atoms with E-state index in [4.69, 9.17) is 22.1 Å². The molecule has 1 unspecified atom stereocenters. The summed E-state index contributed by atoms with van der Waals surface area (Å²) in [7, 11) is -3.88. The van der Waals surface area contributed by atoms with E-state index in [0.717, 1.165) is 5.56 Å². The lowest BCUT2D eigenvalue weighted by atomic mass is 10.0. The molecule has 198 valence electrons. The predicted octanol–water partition coefficient (Wildman–Crippen LogP) is 3.29. The Morgan fingerprint density at radius 3 is 2.42 bits per heavy atom. The third-order valence-corrected chi connectivity index (χ3v) is 7.90. The highest BCUT2D eigenvalue weighted by Gasteiger charge is 2.39. The zero-order valence-corrected chi connectivity index (χ0v) is 21.6. The van der Waals surface area contributed by atoms with Gasteiger partial charge in [-0.25, -0.2) is 13.2 Å². The molecule has 1 aliphatic heterocycles. The van der Waals surface area contributed by atoms with E-state index in [-0.39, 0.29) is 30.0 Å². The molecule has 3 amide bonds. The summed E-state index contributed by atoms with van der Waals surface area (Å²) in [4.78, 5) is 37.4. The lowest BCUT2D eigenvalue weighted by Gasteiger charge is -2.20. The highest BCUT2D eigenvalue weighted by atomic mass is 35.5. The molecule has 1 saturated heterocycles. The van der Waals surface area contributed by atoms with Crippen LogP contribution in [-0.2, 0) is 37.4 Å². The molecule has 3 aromatic carbocycles. The van der Waals surface area contributed by atoms with Gasteiger partial charge in [-0.05, 0) is 34.9 Å². The molecule has 0 spiro atoms. The topological polar surface area (TPSA) is 157 Å². The second-order valence-corrected chi connectivity index (χ2v) is 10.9. The third kappa shape index (κ3) is 6.61. The fraction of sp³-hybridized carbons (Fsp3) is 0.192. The average Bonchev–Trinajstić information content (AvgIpc) is 3.15. The van der Waals surface area contributed by atoms with Gasteiger partial charge in [0.05, 0.1) is 17.8 Å². The summed E-state index contributed by atoms with van der Waals surface area (Å²) >= 11 is 6.39. The summed E-state index contributed by atoms with van der Waals surface area (Å²) in [5, 5.41) is 4.29. The lowest BCUT2D eigenvalue weighted by molar-refractivity contribution is -0.119. The second kappa shape index (κ2) is 11.5. The summed E-state index contributed by atoms with van der Waals surface area (Å²) in [5.74, 6) is -1.15. The predicted molar refractivity (Wildman–Crippen MR) is 143 cm³/mol. The van der Waals surface area contributed by atoms with Gasteiger partial charge in [-0.15, -0.1) is 0 Å². The van der Waals surface area contributed by atoms with Crippen molar-refractivity contribution in [2.24, 2.45) is 0 Å². The molecule has 38 heavy (non-hydrogen) atoms. The van der Waals surface area contributed by atoms with Crippen LogP contribution < -0.4 is 21.1 Å². The maximum Gasteiger partial charge on any atom is 0.408 e. The van der Waals surface area contributed by atoms with E-state index < -0.39 is 39.2 Å². The summed E-state index contributed by atoms with van der Waals surface area (Å²) in [6.45, 7) is 0.00971. The van der Waals surface area contributed by atoms with Crippen molar-refractivity contribution >= 4 is 50.9 Å². The van der Waals surface area contributed by atoms with Crippen molar-refractivity contribution in [1.82, 2.24) is 10.0 Å². The molecular weight excluding hydrogens is 532 g/mol. The zero-order valence-electron chi connectivity index (χ0n) is 20.0. The quantitative estimate of drug-likeness (QED) is 0.310. The minimum Gasteiger partial charge on any atom is -0.445 e. The van der Waals surface area contributed by atoms with Gasteiger partial charge < -0.3 is 21.1 Å². The van der Waals surface area contributed by atoms with Crippen LogP contribution in [0.25, 0.3) is 0 Å². The molecule has 0 aromatic heterocycles. The first kappa shape index (κ1) is 27.0. The van der Waals surface area contributed by atoms with Crippen LogP contribution in [0.15, 0.2) is 72.8 Å². The van der Waals surface area contributed by atoms with Gasteiger partial charge in [0, 0.05) is 11.4 Å². The smallest absolute Gasteiger partial charge is 0.408 e. The van der Waals surface area contributed by atoms with Gasteiger partial charge in [0.15, 0.2) is 0 Å².